The molecule has 2 rings (SSSR count). The molecule has 1 aliphatic heterocycles. The molecule has 0 aromatic heterocycles. The topological polar surface area (TPSA) is 72.4 Å². The van der Waals surface area contributed by atoms with Crippen molar-refractivity contribution < 1.29 is 9.18 Å². The molecule has 2 atom stereocenters. The van der Waals surface area contributed by atoms with E-state index in [4.69, 9.17) is 11.5 Å². The maximum absolute atomic E-state index is 13.3. The van der Waals surface area contributed by atoms with Gasteiger partial charge in [0.25, 0.3) is 0 Å². The number of benzene rings is 1. The predicted molar refractivity (Wildman–Crippen MR) is 72.6 cm³/mol. The summed E-state index contributed by atoms with van der Waals surface area (Å²) in [6.07, 6.45) is 1.76. The number of likely N-dealkylation sites (tertiary alicyclic amines) is 1. The van der Waals surface area contributed by atoms with E-state index < -0.39 is 0 Å². The molecule has 1 amide bonds. The van der Waals surface area contributed by atoms with Crippen LogP contribution in [0.25, 0.3) is 0 Å². The molecule has 4 N–H and O–H groups in total. The molecule has 1 aliphatic rings. The second-order valence-corrected chi connectivity index (χ2v) is 5.35. The number of carbonyl (C=O) groups is 1. The van der Waals surface area contributed by atoms with Crippen LogP contribution in [0.3, 0.4) is 0 Å². The van der Waals surface area contributed by atoms with Gasteiger partial charge in [-0.25, -0.2) is 4.39 Å². The van der Waals surface area contributed by atoms with E-state index in [0.29, 0.717) is 24.8 Å². The minimum Gasteiger partial charge on any atom is -0.399 e. The van der Waals surface area contributed by atoms with Crippen molar-refractivity contribution in [1.82, 2.24) is 4.90 Å². The first kappa shape index (κ1) is 13.8. The Hall–Kier alpha value is -1.62. The van der Waals surface area contributed by atoms with Gasteiger partial charge in [-0.3, -0.25) is 9.69 Å². The quantitative estimate of drug-likeness (QED) is 0.813. The van der Waals surface area contributed by atoms with Crippen molar-refractivity contribution in [2.45, 2.75) is 32.4 Å². The van der Waals surface area contributed by atoms with E-state index >= 15 is 0 Å². The Morgan fingerprint density at radius 1 is 1.42 bits per heavy atom. The van der Waals surface area contributed by atoms with Crippen LogP contribution in [0.2, 0.25) is 0 Å². The summed E-state index contributed by atoms with van der Waals surface area (Å²) in [5, 5.41) is 0. The summed E-state index contributed by atoms with van der Waals surface area (Å²) in [5.41, 5.74) is 12.3. The molecule has 0 aliphatic carbocycles. The van der Waals surface area contributed by atoms with Gasteiger partial charge >= 0.3 is 0 Å². The zero-order valence-electron chi connectivity index (χ0n) is 11.1. The molecule has 5 heteroatoms. The maximum Gasteiger partial charge on any atom is 0.221 e. The lowest BCUT2D eigenvalue weighted by molar-refractivity contribution is -0.124. The van der Waals surface area contributed by atoms with E-state index in [2.05, 4.69) is 11.8 Å². The standard InChI is InChI=1S/C14H20FN3O/c1-9-2-3-11(14(17)19)8-18(9)7-10-4-12(15)6-13(16)5-10/h4-6,9,11H,2-3,7-8,16H2,1H3,(H2,17,19). The van der Waals surface area contributed by atoms with Crippen LogP contribution in [0.5, 0.6) is 0 Å². The van der Waals surface area contributed by atoms with E-state index in [1.165, 1.54) is 12.1 Å². The number of amides is 1. The third kappa shape index (κ3) is 3.44. The molecule has 1 aromatic carbocycles. The van der Waals surface area contributed by atoms with Gasteiger partial charge in [-0.1, -0.05) is 0 Å². The summed E-state index contributed by atoms with van der Waals surface area (Å²) < 4.78 is 13.3. The van der Waals surface area contributed by atoms with Gasteiger partial charge in [-0.05, 0) is 43.5 Å². The number of rotatable bonds is 3. The average Bonchev–Trinajstić information content (AvgIpc) is 2.30. The number of primary amides is 1. The maximum atomic E-state index is 13.3. The van der Waals surface area contributed by atoms with Crippen LogP contribution >= 0.6 is 0 Å². The van der Waals surface area contributed by atoms with Gasteiger partial charge in [0.05, 0.1) is 5.92 Å². The summed E-state index contributed by atoms with van der Waals surface area (Å²) in [5.74, 6) is -0.691. The Morgan fingerprint density at radius 2 is 2.16 bits per heavy atom. The Bertz CT molecular complexity index is 458. The minimum absolute atomic E-state index is 0.109. The highest BCUT2D eigenvalue weighted by molar-refractivity contribution is 5.77. The van der Waals surface area contributed by atoms with Crippen LogP contribution in [-0.4, -0.2) is 23.4 Å². The molecule has 0 radical (unpaired) electrons. The van der Waals surface area contributed by atoms with E-state index in [9.17, 15) is 9.18 Å². The Balaban J connectivity index is 2.09. The predicted octanol–water partition coefficient (Wildman–Crippen LogP) is 1.49. The Kier molecular flexibility index (Phi) is 4.04. The second kappa shape index (κ2) is 5.57. The fourth-order valence-electron chi connectivity index (χ4n) is 2.63. The number of anilines is 1. The third-order valence-corrected chi connectivity index (χ3v) is 3.78. The summed E-state index contributed by atoms with van der Waals surface area (Å²) in [6, 6.07) is 4.91. The van der Waals surface area contributed by atoms with E-state index in [1.54, 1.807) is 6.07 Å². The SMILES string of the molecule is CC1CCC(C(N)=O)CN1Cc1cc(N)cc(F)c1. The molecule has 104 valence electrons. The van der Waals surface area contributed by atoms with Gasteiger partial charge in [0.2, 0.25) is 5.91 Å². The van der Waals surface area contributed by atoms with Crippen molar-refractivity contribution in [3.8, 4) is 0 Å². The lowest BCUT2D eigenvalue weighted by Gasteiger charge is -2.36. The second-order valence-electron chi connectivity index (χ2n) is 5.35. The van der Waals surface area contributed by atoms with Crippen molar-refractivity contribution in [2.24, 2.45) is 11.7 Å². The molecule has 1 fully saturated rings. The van der Waals surface area contributed by atoms with Crippen LogP contribution in [0.15, 0.2) is 18.2 Å². The number of nitrogens with zero attached hydrogens (tertiary/aromatic N) is 1. The number of carbonyl (C=O) groups excluding carboxylic acids is 1. The zero-order chi connectivity index (χ0) is 14.0. The fourth-order valence-corrected chi connectivity index (χ4v) is 2.63. The number of hydrogen-bond donors (Lipinski definition) is 2. The molecule has 1 heterocycles. The van der Waals surface area contributed by atoms with Crippen LogP contribution in [-0.2, 0) is 11.3 Å². The van der Waals surface area contributed by atoms with Crippen LogP contribution in [0.4, 0.5) is 10.1 Å². The molecule has 4 nitrogen and oxygen atoms in total. The molecule has 1 saturated heterocycles. The number of halogens is 1. The Morgan fingerprint density at radius 3 is 2.79 bits per heavy atom. The zero-order valence-corrected chi connectivity index (χ0v) is 11.1. The third-order valence-electron chi connectivity index (χ3n) is 3.78. The largest absolute Gasteiger partial charge is 0.399 e. The first-order valence-electron chi connectivity index (χ1n) is 6.54. The smallest absolute Gasteiger partial charge is 0.221 e. The molecule has 0 bridgehead atoms. The molecule has 2 unspecified atom stereocenters. The van der Waals surface area contributed by atoms with Gasteiger partial charge in [-0.15, -0.1) is 0 Å². The number of piperidine rings is 1. The summed E-state index contributed by atoms with van der Waals surface area (Å²) >= 11 is 0. The molecular formula is C14H20FN3O. The van der Waals surface area contributed by atoms with Crippen LogP contribution in [0, 0.1) is 11.7 Å². The van der Waals surface area contributed by atoms with E-state index in [-0.39, 0.29) is 17.6 Å². The highest BCUT2D eigenvalue weighted by atomic mass is 19.1. The van der Waals surface area contributed by atoms with E-state index in [1.807, 2.05) is 0 Å². The van der Waals surface area contributed by atoms with Gasteiger partial charge in [0.15, 0.2) is 0 Å². The van der Waals surface area contributed by atoms with E-state index in [0.717, 1.165) is 18.4 Å². The lowest BCUT2D eigenvalue weighted by atomic mass is 9.92. The lowest BCUT2D eigenvalue weighted by Crippen LogP contribution is -2.45. The average molecular weight is 265 g/mol. The highest BCUT2D eigenvalue weighted by Crippen LogP contribution is 2.24. The fraction of sp³-hybridized carbons (Fsp3) is 0.500. The molecular weight excluding hydrogens is 245 g/mol. The van der Waals surface area contributed by atoms with Crippen molar-refractivity contribution >= 4 is 11.6 Å². The summed E-state index contributed by atoms with van der Waals surface area (Å²) in [6.45, 7) is 3.33. The van der Waals surface area contributed by atoms with Crippen molar-refractivity contribution in [3.63, 3.8) is 0 Å². The van der Waals surface area contributed by atoms with Crippen molar-refractivity contribution in [3.05, 3.63) is 29.6 Å². The summed E-state index contributed by atoms with van der Waals surface area (Å²) in [4.78, 5) is 13.4. The first-order valence-corrected chi connectivity index (χ1v) is 6.54. The van der Waals surface area contributed by atoms with Gasteiger partial charge in [0.1, 0.15) is 5.82 Å². The highest BCUT2D eigenvalue weighted by Gasteiger charge is 2.28. The number of hydrogen-bond acceptors (Lipinski definition) is 3. The van der Waals surface area contributed by atoms with Gasteiger partial charge in [0, 0.05) is 24.8 Å². The normalized spacial score (nSPS) is 24.3. The van der Waals surface area contributed by atoms with Crippen LogP contribution < -0.4 is 11.5 Å². The first-order chi connectivity index (χ1) is 8.95. The molecule has 1 aromatic rings. The molecule has 0 saturated carbocycles. The molecule has 0 spiro atoms. The minimum atomic E-state index is -0.328. The Labute approximate surface area is 112 Å². The van der Waals surface area contributed by atoms with Crippen molar-refractivity contribution in [2.75, 3.05) is 12.3 Å². The van der Waals surface area contributed by atoms with Gasteiger partial charge in [-0.2, -0.15) is 0 Å². The van der Waals surface area contributed by atoms with Crippen LogP contribution in [0.1, 0.15) is 25.3 Å². The van der Waals surface area contributed by atoms with Gasteiger partial charge < -0.3 is 11.5 Å². The molecule has 19 heavy (non-hydrogen) atoms. The summed E-state index contributed by atoms with van der Waals surface area (Å²) in [7, 11) is 0. The number of nitrogens with two attached hydrogens (primary N) is 2. The number of nitrogen functional groups attached to an aromatic ring is 1. The van der Waals surface area contributed by atoms with Crippen molar-refractivity contribution in [1.29, 1.82) is 0 Å². The monoisotopic (exact) mass is 265 g/mol.